The maximum absolute atomic E-state index is 12.9. The monoisotopic (exact) mass is 562 g/mol. The van der Waals surface area contributed by atoms with Gasteiger partial charge in [-0.25, -0.2) is 8.78 Å². The van der Waals surface area contributed by atoms with Gasteiger partial charge in [0.15, 0.2) is 0 Å². The summed E-state index contributed by atoms with van der Waals surface area (Å²) in [6, 6.07) is 7.45. The van der Waals surface area contributed by atoms with Gasteiger partial charge in [0.1, 0.15) is 11.6 Å². The van der Waals surface area contributed by atoms with Gasteiger partial charge in [0.05, 0.1) is 6.10 Å². The molecule has 0 aromatic heterocycles. The van der Waals surface area contributed by atoms with Crippen LogP contribution in [0.5, 0.6) is 0 Å². The molecule has 0 saturated carbocycles. The highest BCUT2D eigenvalue weighted by molar-refractivity contribution is 6.03. The van der Waals surface area contributed by atoms with E-state index in [4.69, 9.17) is 23.0 Å². The molecule has 0 saturated heterocycles. The molecule has 2 aromatic rings. The van der Waals surface area contributed by atoms with Crippen LogP contribution in [0.25, 0.3) is 0 Å². The van der Waals surface area contributed by atoms with E-state index in [0.717, 1.165) is 18.9 Å². The van der Waals surface area contributed by atoms with Crippen molar-refractivity contribution < 1.29 is 28.3 Å². The lowest BCUT2D eigenvalue weighted by molar-refractivity contribution is 0.0755. The number of amides is 3. The lowest BCUT2D eigenvalue weighted by Gasteiger charge is -2.22. The van der Waals surface area contributed by atoms with Crippen LogP contribution in [0, 0.1) is 11.6 Å². The van der Waals surface area contributed by atoms with Gasteiger partial charge in [-0.05, 0) is 74.4 Å². The lowest BCUT2D eigenvalue weighted by Crippen LogP contribution is -2.33. The minimum absolute atomic E-state index is 0.0996. The van der Waals surface area contributed by atoms with Crippen molar-refractivity contribution in [2.75, 3.05) is 13.1 Å². The largest absolute Gasteiger partial charge is 0.401 e. The molecular weight excluding hydrogens is 522 g/mol. The fraction of sp³-hybridized carbons (Fsp3) is 0.393. The Morgan fingerprint density at radius 3 is 1.82 bits per heavy atom. The van der Waals surface area contributed by atoms with Crippen LogP contribution < -0.4 is 28.5 Å². The molecule has 2 rings (SSSR count). The Hall–Kier alpha value is -4.03. The molecule has 0 aliphatic heterocycles. The van der Waals surface area contributed by atoms with E-state index in [0.29, 0.717) is 50.0 Å². The van der Waals surface area contributed by atoms with Crippen LogP contribution in [0.4, 0.5) is 8.78 Å². The predicted octanol–water partition coefficient (Wildman–Crippen LogP) is 2.45. The number of nitrogens with one attached hydrogen (secondary N) is 1. The molecule has 1 unspecified atom stereocenters. The van der Waals surface area contributed by atoms with Crippen molar-refractivity contribution in [1.29, 1.82) is 0 Å². The number of primary amides is 2. The minimum atomic E-state index is -0.704. The molecule has 220 valence electrons. The van der Waals surface area contributed by atoms with Crippen molar-refractivity contribution in [2.24, 2.45) is 23.0 Å². The van der Waals surface area contributed by atoms with Crippen molar-refractivity contribution in [3.8, 4) is 0 Å². The summed E-state index contributed by atoms with van der Waals surface area (Å²) in [6.45, 7) is 5.17. The number of hydrogen-bond acceptors (Lipinski definition) is 7. The van der Waals surface area contributed by atoms with Gasteiger partial charge in [-0.3, -0.25) is 20.2 Å². The van der Waals surface area contributed by atoms with E-state index in [-0.39, 0.29) is 22.6 Å². The second-order valence-electron chi connectivity index (χ2n) is 9.21. The van der Waals surface area contributed by atoms with Gasteiger partial charge < -0.3 is 32.6 Å². The van der Waals surface area contributed by atoms with E-state index in [1.165, 1.54) is 36.5 Å². The summed E-state index contributed by atoms with van der Waals surface area (Å²) in [5.41, 5.74) is 19.9. The Morgan fingerprint density at radius 2 is 1.38 bits per heavy atom. The molecular formula is C28H40F2N6O4. The molecule has 0 fully saturated rings. The first kappa shape index (κ1) is 34.0. The van der Waals surface area contributed by atoms with Gasteiger partial charge in [-0.15, -0.1) is 0 Å². The van der Waals surface area contributed by atoms with E-state index >= 15 is 0 Å². The molecule has 3 amide bonds. The van der Waals surface area contributed by atoms with Gasteiger partial charge >= 0.3 is 0 Å². The minimum Gasteiger partial charge on any atom is -0.401 e. The predicted molar refractivity (Wildman–Crippen MR) is 149 cm³/mol. The Bertz CT molecular complexity index is 1120. The number of hydrogen-bond donors (Lipinski definition) is 6. The van der Waals surface area contributed by atoms with Crippen molar-refractivity contribution in [1.82, 2.24) is 10.3 Å². The SMILES string of the molecule is CCCN(CCC)C(=O)c1cc(C(N)=O)cc(C(N)=O)c1.NN/C=C(\N)CCC(O)CCc1cc(F)cc(F)c1. The number of aliphatic hydroxyl groups excluding tert-OH is 1. The van der Waals surface area contributed by atoms with Crippen LogP contribution in [0.1, 0.15) is 82.6 Å². The van der Waals surface area contributed by atoms with Crippen LogP contribution >= 0.6 is 0 Å². The third-order valence-corrected chi connectivity index (χ3v) is 5.75. The Kier molecular flexibility index (Phi) is 14.9. The van der Waals surface area contributed by atoms with Crippen molar-refractivity contribution in [3.63, 3.8) is 0 Å². The summed E-state index contributed by atoms with van der Waals surface area (Å²) in [5.74, 6) is 2.21. The number of hydrazine groups is 1. The number of allylic oxidation sites excluding steroid dienone is 1. The zero-order chi connectivity index (χ0) is 30.2. The van der Waals surface area contributed by atoms with E-state index in [2.05, 4.69) is 5.43 Å². The van der Waals surface area contributed by atoms with Gasteiger partial charge in [0, 0.05) is 47.7 Å². The summed E-state index contributed by atoms with van der Waals surface area (Å²) >= 11 is 0. The number of carbonyl (C=O) groups excluding carboxylic acids is 3. The first-order valence-electron chi connectivity index (χ1n) is 13.0. The number of benzene rings is 2. The molecule has 10 nitrogen and oxygen atoms in total. The van der Waals surface area contributed by atoms with Crippen LogP contribution in [-0.4, -0.2) is 46.9 Å². The molecule has 10 N–H and O–H groups in total. The third kappa shape index (κ3) is 12.2. The van der Waals surface area contributed by atoms with Crippen molar-refractivity contribution in [2.45, 2.75) is 58.5 Å². The standard InChI is InChI=1S/C15H21N3O3.C13H19F2N3O/c1-3-5-18(6-4-2)15(21)12-8-10(13(16)19)7-11(9-12)14(17)20;14-10-5-9(6-11(15)7-10)1-3-13(19)4-2-12(16)8-18-17/h7-9H,3-6H2,1-2H3,(H2,16,19)(H2,17,20);5-8,13,18-19H,1-4,16-17H2/b;12-8-. The van der Waals surface area contributed by atoms with Crippen LogP contribution in [0.15, 0.2) is 48.3 Å². The molecule has 0 aliphatic carbocycles. The number of aryl methyl sites for hydroxylation is 1. The number of rotatable bonds is 14. The third-order valence-electron chi connectivity index (χ3n) is 5.75. The molecule has 40 heavy (non-hydrogen) atoms. The number of aliphatic hydroxyl groups is 1. The number of nitrogens with two attached hydrogens (primary N) is 4. The summed E-state index contributed by atoms with van der Waals surface area (Å²) < 4.78 is 25.9. The Balaban J connectivity index is 0.000000402. The molecule has 12 heteroatoms. The van der Waals surface area contributed by atoms with Gasteiger partial charge in [-0.1, -0.05) is 13.8 Å². The zero-order valence-corrected chi connectivity index (χ0v) is 23.0. The molecule has 0 spiro atoms. The van der Waals surface area contributed by atoms with Gasteiger partial charge in [-0.2, -0.15) is 0 Å². The van der Waals surface area contributed by atoms with Crippen LogP contribution in [0.3, 0.4) is 0 Å². The normalized spacial score (nSPS) is 11.7. The van der Waals surface area contributed by atoms with E-state index in [1.807, 2.05) is 13.8 Å². The van der Waals surface area contributed by atoms with E-state index in [9.17, 15) is 28.3 Å². The summed E-state index contributed by atoms with van der Waals surface area (Å²) in [4.78, 5) is 36.8. The number of carbonyl (C=O) groups is 3. The van der Waals surface area contributed by atoms with E-state index in [1.54, 1.807) is 4.90 Å². The first-order valence-corrected chi connectivity index (χ1v) is 13.0. The number of halogens is 2. The Labute approximate surface area is 233 Å². The maximum atomic E-state index is 12.9. The highest BCUT2D eigenvalue weighted by Gasteiger charge is 2.18. The fourth-order valence-corrected chi connectivity index (χ4v) is 3.82. The molecule has 0 radical (unpaired) electrons. The molecule has 0 aliphatic rings. The quantitative estimate of drug-likeness (QED) is 0.150. The smallest absolute Gasteiger partial charge is 0.253 e. The summed E-state index contributed by atoms with van der Waals surface area (Å²) in [5, 5.41) is 9.74. The highest BCUT2D eigenvalue weighted by Crippen LogP contribution is 2.15. The molecule has 0 bridgehead atoms. The van der Waals surface area contributed by atoms with Gasteiger partial charge in [0.25, 0.3) is 5.91 Å². The van der Waals surface area contributed by atoms with Crippen molar-refractivity contribution in [3.05, 3.63) is 82.2 Å². The van der Waals surface area contributed by atoms with Crippen LogP contribution in [0.2, 0.25) is 0 Å². The van der Waals surface area contributed by atoms with Crippen LogP contribution in [-0.2, 0) is 6.42 Å². The molecule has 2 aromatic carbocycles. The van der Waals surface area contributed by atoms with Gasteiger partial charge in [0.2, 0.25) is 11.8 Å². The second kappa shape index (κ2) is 17.5. The second-order valence-corrected chi connectivity index (χ2v) is 9.21. The summed E-state index contributed by atoms with van der Waals surface area (Å²) in [6.07, 6.45) is 4.34. The lowest BCUT2D eigenvalue weighted by atomic mass is 10.0. The zero-order valence-electron chi connectivity index (χ0n) is 23.0. The average Bonchev–Trinajstić information content (AvgIpc) is 2.90. The summed E-state index contributed by atoms with van der Waals surface area (Å²) in [7, 11) is 0. The van der Waals surface area contributed by atoms with E-state index < -0.39 is 29.6 Å². The molecule has 0 heterocycles. The molecule has 1 atom stereocenters. The highest BCUT2D eigenvalue weighted by atomic mass is 19.1. The average molecular weight is 563 g/mol. The topological polar surface area (TPSA) is 191 Å². The maximum Gasteiger partial charge on any atom is 0.253 e. The van der Waals surface area contributed by atoms with Crippen molar-refractivity contribution >= 4 is 17.7 Å². The first-order chi connectivity index (χ1) is 18.9. The Morgan fingerprint density at radius 1 is 0.875 bits per heavy atom. The number of nitrogens with zero attached hydrogens (tertiary/aromatic N) is 1. The fourth-order valence-electron chi connectivity index (χ4n) is 3.82.